The van der Waals surface area contributed by atoms with E-state index in [1.807, 2.05) is 44.3 Å². The summed E-state index contributed by atoms with van der Waals surface area (Å²) in [5, 5.41) is 2.23. The molecule has 8 rings (SSSR count). The number of hydrogen-bond acceptors (Lipinski definition) is 4. The number of fused-ring (bicyclic) bond motifs is 6. The summed E-state index contributed by atoms with van der Waals surface area (Å²) in [6, 6.07) is 30.2. The Morgan fingerprint density at radius 3 is 2.18 bits per heavy atom. The van der Waals surface area contributed by atoms with Crippen LogP contribution in [0.4, 0.5) is 0 Å². The number of aromatic nitrogens is 2. The normalized spacial score (nSPS) is 21.0. The van der Waals surface area contributed by atoms with Crippen LogP contribution in [0, 0.1) is 38.3 Å². The molecule has 2 atom stereocenters. The number of pyridine rings is 1. The Kier molecular flexibility index (Phi) is 8.55. The molecular formula is C49H53N3O2Pt. The van der Waals surface area contributed by atoms with Gasteiger partial charge in [-0.15, -0.1) is 29.8 Å². The van der Waals surface area contributed by atoms with Crippen molar-refractivity contribution in [2.75, 3.05) is 0 Å². The third kappa shape index (κ3) is 6.26. The molecular weight excluding hydrogens is 858 g/mol. The molecule has 2 aliphatic rings. The van der Waals surface area contributed by atoms with Crippen LogP contribution in [0.2, 0.25) is 0 Å². The topological polar surface area (TPSA) is 48.6 Å². The molecule has 55 heavy (non-hydrogen) atoms. The van der Waals surface area contributed by atoms with Crippen molar-refractivity contribution in [3.8, 4) is 17.2 Å². The van der Waals surface area contributed by atoms with Crippen molar-refractivity contribution in [1.82, 2.24) is 9.55 Å². The molecule has 0 bridgehead atoms. The van der Waals surface area contributed by atoms with E-state index in [1.54, 1.807) is 0 Å². The van der Waals surface area contributed by atoms with Gasteiger partial charge in [-0.1, -0.05) is 111 Å². The first-order valence-electron chi connectivity index (χ1n) is 20.1. The Balaban J connectivity index is 0.00000496. The molecule has 6 aromatic rings. The van der Waals surface area contributed by atoms with Gasteiger partial charge in [0.15, 0.2) is 0 Å². The summed E-state index contributed by atoms with van der Waals surface area (Å²) in [4.78, 5) is 10.2. The number of nitrogens with zero attached hydrogens (tertiary/aromatic N) is 3. The van der Waals surface area contributed by atoms with Crippen molar-refractivity contribution >= 4 is 27.8 Å². The zero-order valence-electron chi connectivity index (χ0n) is 36.4. The molecule has 0 N–H and O–H groups in total. The van der Waals surface area contributed by atoms with Gasteiger partial charge >= 0.3 is 21.1 Å². The largest absolute Gasteiger partial charge is 2.00 e. The maximum atomic E-state index is 9.74. The molecule has 1 aliphatic heterocycles. The van der Waals surface area contributed by atoms with Gasteiger partial charge < -0.3 is 14.0 Å². The first-order chi connectivity index (χ1) is 26.0. The van der Waals surface area contributed by atoms with Crippen LogP contribution in [0.25, 0.3) is 27.6 Å². The third-order valence-corrected chi connectivity index (χ3v) is 11.6. The van der Waals surface area contributed by atoms with Crippen LogP contribution in [0.3, 0.4) is 0 Å². The average Bonchev–Trinajstić information content (AvgIpc) is 3.65. The Labute approximate surface area is 344 Å². The molecule has 0 fully saturated rings. The number of hydrogen-bond donors (Lipinski definition) is 0. The summed E-state index contributed by atoms with van der Waals surface area (Å²) in [5.41, 5.74) is 7.15. The Morgan fingerprint density at radius 1 is 0.800 bits per heavy atom. The Morgan fingerprint density at radius 2 is 1.49 bits per heavy atom. The van der Waals surface area contributed by atoms with Gasteiger partial charge in [-0.2, -0.15) is 5.56 Å². The molecule has 0 spiro atoms. The van der Waals surface area contributed by atoms with E-state index in [9.17, 15) is 2.74 Å². The Hall–Kier alpha value is -4.21. The van der Waals surface area contributed by atoms with E-state index >= 15 is 0 Å². The smallest absolute Gasteiger partial charge is 0.510 e. The van der Waals surface area contributed by atoms with Crippen molar-refractivity contribution in [2.24, 2.45) is 10.4 Å². The maximum absolute atomic E-state index is 9.74. The molecule has 0 amide bonds. The average molecular weight is 913 g/mol. The van der Waals surface area contributed by atoms with Crippen LogP contribution in [0.15, 0.2) is 77.9 Å². The second-order valence-electron chi connectivity index (χ2n) is 18.7. The van der Waals surface area contributed by atoms with Gasteiger partial charge in [0, 0.05) is 43.0 Å². The number of rotatable bonds is 4. The van der Waals surface area contributed by atoms with Crippen LogP contribution in [0.5, 0.6) is 11.5 Å². The van der Waals surface area contributed by atoms with E-state index in [2.05, 4.69) is 135 Å². The third-order valence-electron chi connectivity index (χ3n) is 11.6. The molecule has 3 heterocycles. The quantitative estimate of drug-likeness (QED) is 0.166. The predicted octanol–water partition coefficient (Wildman–Crippen LogP) is 12.1. The van der Waals surface area contributed by atoms with Gasteiger partial charge in [0.1, 0.15) is 22.7 Å². The van der Waals surface area contributed by atoms with E-state index < -0.39 is 22.9 Å². The summed E-state index contributed by atoms with van der Waals surface area (Å²) < 4.78 is 35.4. The fourth-order valence-electron chi connectivity index (χ4n) is 8.30. The van der Waals surface area contributed by atoms with E-state index in [1.165, 1.54) is 5.56 Å². The second-order valence-corrected chi connectivity index (χ2v) is 18.7. The number of benzene rings is 4. The van der Waals surface area contributed by atoms with E-state index in [-0.39, 0.29) is 31.9 Å². The van der Waals surface area contributed by atoms with E-state index in [0.29, 0.717) is 28.5 Å². The van der Waals surface area contributed by atoms with Crippen LogP contribution in [-0.2, 0) is 48.5 Å². The zero-order valence-corrected chi connectivity index (χ0v) is 36.7. The first kappa shape index (κ1) is 36.4. The SMILES string of the molecule is [2H]C1([2H])c2cc(C)c(C)cc2[C@@]2(C)N=C(c3[c-]c(Oc4[c-]c(-n5c6ccc(C(C)(C)C)cc6c6cccnc65)cc(C)c4)cc(C(C)(C)C)c3)O[C@@]12C(C)(C)C.[Pt+2]. The van der Waals surface area contributed by atoms with Crippen LogP contribution in [0.1, 0.15) is 116 Å². The van der Waals surface area contributed by atoms with Gasteiger partial charge in [-0.25, -0.2) is 4.98 Å². The van der Waals surface area contributed by atoms with Gasteiger partial charge in [0.25, 0.3) is 0 Å². The van der Waals surface area contributed by atoms with Crippen molar-refractivity contribution < 1.29 is 33.3 Å². The first-order valence-corrected chi connectivity index (χ1v) is 19.1. The minimum atomic E-state index is -1.83. The molecule has 5 nitrogen and oxygen atoms in total. The van der Waals surface area contributed by atoms with Crippen molar-refractivity contribution in [1.29, 1.82) is 0 Å². The van der Waals surface area contributed by atoms with Gasteiger partial charge in [0.2, 0.25) is 0 Å². The van der Waals surface area contributed by atoms with Crippen LogP contribution < -0.4 is 4.74 Å². The minimum absolute atomic E-state index is 0. The number of ether oxygens (including phenoxy) is 2. The fourth-order valence-corrected chi connectivity index (χ4v) is 8.30. The molecule has 0 radical (unpaired) electrons. The van der Waals surface area contributed by atoms with Crippen molar-refractivity contribution in [3.63, 3.8) is 0 Å². The van der Waals surface area contributed by atoms with Crippen LogP contribution in [-0.4, -0.2) is 21.0 Å². The monoisotopic (exact) mass is 912 g/mol. The molecule has 286 valence electrons. The van der Waals surface area contributed by atoms with Crippen LogP contribution >= 0.6 is 0 Å². The molecule has 1 aliphatic carbocycles. The molecule has 0 unspecified atom stereocenters. The standard InChI is InChI=1S/C49H53N3O2.Pt/c1-29-19-36(52-42-17-16-34(45(4,5)6)26-40(42)39-15-14-18-50-43(39)52)27-37(20-29)53-38-24-32(23-35(25-38)46(7,8)9)44-51-48(13)41-22-31(3)30(2)21-33(41)28-49(48,54-44)47(10,11)12;/h14-23,25-26H,28H2,1-13H3;/q-2;+2/t48-,49-;/m1./s1/i28D2;. The van der Waals surface area contributed by atoms with Gasteiger partial charge in [-0.3, -0.25) is 4.99 Å². The van der Waals surface area contributed by atoms with Crippen molar-refractivity contribution in [3.05, 3.63) is 130 Å². The number of aliphatic imine (C=N–C) groups is 1. The molecule has 0 saturated carbocycles. The summed E-state index contributed by atoms with van der Waals surface area (Å²) in [6.07, 6.45) is 0.00543. The Bertz CT molecular complexity index is 2640. The van der Waals surface area contributed by atoms with Crippen molar-refractivity contribution in [2.45, 2.75) is 118 Å². The summed E-state index contributed by atoms with van der Waals surface area (Å²) in [6.45, 7) is 27.6. The fraction of sp³-hybridized carbons (Fsp3) is 0.388. The van der Waals surface area contributed by atoms with Gasteiger partial charge in [-0.05, 0) is 83.7 Å². The maximum Gasteiger partial charge on any atom is 2.00 e. The molecule has 2 aromatic heterocycles. The second kappa shape index (κ2) is 12.9. The predicted molar refractivity (Wildman–Crippen MR) is 222 cm³/mol. The summed E-state index contributed by atoms with van der Waals surface area (Å²) >= 11 is 0. The van der Waals surface area contributed by atoms with E-state index in [4.69, 9.17) is 19.5 Å². The summed E-state index contributed by atoms with van der Waals surface area (Å²) in [7, 11) is 0. The minimum Gasteiger partial charge on any atom is -0.510 e. The molecule has 0 saturated heterocycles. The molecule has 4 aromatic carbocycles. The number of aryl methyl sites for hydroxylation is 3. The zero-order chi connectivity index (χ0) is 40.5. The summed E-state index contributed by atoms with van der Waals surface area (Å²) in [5.74, 6) is 1.42. The van der Waals surface area contributed by atoms with E-state index in [0.717, 1.165) is 55.4 Å². The van der Waals surface area contributed by atoms with Gasteiger partial charge in [0.05, 0.1) is 5.52 Å². The molecule has 6 heteroatoms.